The molecular formula is C16H20N2O7. The fraction of sp³-hybridized carbons (Fsp3) is 0.625. The topological polar surface area (TPSA) is 102 Å². The van der Waals surface area contributed by atoms with Crippen LogP contribution >= 0.6 is 0 Å². The van der Waals surface area contributed by atoms with Gasteiger partial charge in [-0.2, -0.15) is 0 Å². The van der Waals surface area contributed by atoms with Gasteiger partial charge in [0.15, 0.2) is 0 Å². The van der Waals surface area contributed by atoms with E-state index in [9.17, 15) is 19.2 Å². The van der Waals surface area contributed by atoms with Crippen molar-refractivity contribution in [1.82, 2.24) is 9.80 Å². The van der Waals surface area contributed by atoms with Crippen molar-refractivity contribution >= 4 is 24.1 Å². The number of rotatable bonds is 3. The number of ether oxygens (including phenoxy) is 3. The Morgan fingerprint density at radius 3 is 2.68 bits per heavy atom. The van der Waals surface area contributed by atoms with Crippen molar-refractivity contribution in [2.45, 2.75) is 25.4 Å². The van der Waals surface area contributed by atoms with Crippen molar-refractivity contribution in [2.24, 2.45) is 11.8 Å². The molecular weight excluding hydrogens is 332 g/mol. The molecule has 0 unspecified atom stereocenters. The summed E-state index contributed by atoms with van der Waals surface area (Å²) in [6.45, 7) is 1.72. The van der Waals surface area contributed by atoms with Gasteiger partial charge < -0.3 is 14.2 Å². The second-order valence-electron chi connectivity index (χ2n) is 6.23. The first kappa shape index (κ1) is 17.2. The second-order valence-corrected chi connectivity index (χ2v) is 6.23. The number of piperidine rings is 1. The minimum absolute atomic E-state index is 0.0304. The molecule has 25 heavy (non-hydrogen) atoms. The molecule has 0 aromatic heterocycles. The molecule has 2 fully saturated rings. The van der Waals surface area contributed by atoms with E-state index in [-0.39, 0.29) is 31.6 Å². The number of esters is 1. The van der Waals surface area contributed by atoms with E-state index in [2.05, 4.69) is 0 Å². The summed E-state index contributed by atoms with van der Waals surface area (Å²) in [4.78, 5) is 50.4. The average molecular weight is 352 g/mol. The molecule has 0 radical (unpaired) electrons. The van der Waals surface area contributed by atoms with Gasteiger partial charge in [0, 0.05) is 12.8 Å². The van der Waals surface area contributed by atoms with E-state index < -0.39 is 36.2 Å². The fourth-order valence-corrected chi connectivity index (χ4v) is 3.71. The van der Waals surface area contributed by atoms with Crippen LogP contribution in [0.4, 0.5) is 9.59 Å². The Kier molecular flexibility index (Phi) is 4.65. The summed E-state index contributed by atoms with van der Waals surface area (Å²) in [7, 11) is 1.26. The normalized spacial score (nSPS) is 30.2. The molecule has 9 nitrogen and oxygen atoms in total. The van der Waals surface area contributed by atoms with Crippen molar-refractivity contribution in [1.29, 1.82) is 0 Å². The van der Waals surface area contributed by atoms with Crippen LogP contribution in [0.2, 0.25) is 0 Å². The third-order valence-electron chi connectivity index (χ3n) is 4.85. The van der Waals surface area contributed by atoms with Crippen molar-refractivity contribution in [3.05, 3.63) is 12.2 Å². The number of methoxy groups -OCH3 is 1. The number of hydrogen-bond acceptors (Lipinski definition) is 7. The molecule has 3 amide bonds. The number of amides is 3. The van der Waals surface area contributed by atoms with E-state index >= 15 is 0 Å². The van der Waals surface area contributed by atoms with E-state index in [1.165, 1.54) is 18.9 Å². The summed E-state index contributed by atoms with van der Waals surface area (Å²) in [5.41, 5.74) is 0. The summed E-state index contributed by atoms with van der Waals surface area (Å²) in [6.07, 6.45) is 2.90. The van der Waals surface area contributed by atoms with Crippen molar-refractivity contribution in [2.75, 3.05) is 26.9 Å². The predicted octanol–water partition coefficient (Wildman–Crippen LogP) is 0.540. The van der Waals surface area contributed by atoms with Crippen LogP contribution in [0.25, 0.3) is 0 Å². The van der Waals surface area contributed by atoms with Crippen LogP contribution in [0, 0.1) is 11.8 Å². The number of fused-ring (bicyclic) bond motifs is 2. The zero-order valence-corrected chi connectivity index (χ0v) is 14.0. The maximum Gasteiger partial charge on any atom is 0.416 e. The molecule has 2 saturated heterocycles. The first-order valence-corrected chi connectivity index (χ1v) is 8.10. The lowest BCUT2D eigenvalue weighted by molar-refractivity contribution is -0.147. The highest BCUT2D eigenvalue weighted by Crippen LogP contribution is 2.40. The lowest BCUT2D eigenvalue weighted by atomic mass is 9.73. The summed E-state index contributed by atoms with van der Waals surface area (Å²) >= 11 is 0. The van der Waals surface area contributed by atoms with Crippen molar-refractivity contribution < 1.29 is 33.4 Å². The van der Waals surface area contributed by atoms with Gasteiger partial charge in [-0.3, -0.25) is 14.5 Å². The molecule has 2 bridgehead atoms. The molecule has 3 heterocycles. The molecule has 0 saturated carbocycles. The zero-order valence-electron chi connectivity index (χ0n) is 14.0. The van der Waals surface area contributed by atoms with Gasteiger partial charge in [0.1, 0.15) is 13.2 Å². The summed E-state index contributed by atoms with van der Waals surface area (Å²) < 4.78 is 14.8. The first-order valence-electron chi connectivity index (χ1n) is 8.10. The van der Waals surface area contributed by atoms with Crippen molar-refractivity contribution in [3.63, 3.8) is 0 Å². The highest BCUT2D eigenvalue weighted by molar-refractivity contribution is 5.95. The lowest BCUT2D eigenvalue weighted by Crippen LogP contribution is -2.63. The Morgan fingerprint density at radius 2 is 2.08 bits per heavy atom. The average Bonchev–Trinajstić information content (AvgIpc) is 3.04. The van der Waals surface area contributed by atoms with Gasteiger partial charge in [0.25, 0.3) is 0 Å². The molecule has 136 valence electrons. The van der Waals surface area contributed by atoms with Crippen LogP contribution in [0.3, 0.4) is 0 Å². The molecule has 4 aliphatic rings. The summed E-state index contributed by atoms with van der Waals surface area (Å²) in [5.74, 6) is -1.53. The van der Waals surface area contributed by atoms with Gasteiger partial charge in [-0.15, -0.1) is 0 Å². The van der Waals surface area contributed by atoms with Crippen LogP contribution in [-0.2, 0) is 23.8 Å². The molecule has 0 aromatic rings. The molecule has 1 aliphatic carbocycles. The molecule has 0 aromatic carbocycles. The van der Waals surface area contributed by atoms with E-state index in [1.54, 1.807) is 6.08 Å². The van der Waals surface area contributed by atoms with Gasteiger partial charge in [0.05, 0.1) is 31.7 Å². The maximum absolute atomic E-state index is 12.8. The highest BCUT2D eigenvalue weighted by atomic mass is 16.6. The SMILES string of the molecule is COC(=O)N1[C@@H]2C=C[C@@H](C[C@@H]2C(=O)N2CCOC2=O)[C@H]1COC(C)=O. The molecule has 0 spiro atoms. The monoisotopic (exact) mass is 352 g/mol. The Bertz CT molecular complexity index is 632. The van der Waals surface area contributed by atoms with E-state index in [4.69, 9.17) is 14.2 Å². The number of nitrogens with zero attached hydrogens (tertiary/aromatic N) is 2. The first-order chi connectivity index (χ1) is 11.9. The van der Waals surface area contributed by atoms with Gasteiger partial charge >= 0.3 is 18.2 Å². The van der Waals surface area contributed by atoms with Gasteiger partial charge in [-0.05, 0) is 6.42 Å². The van der Waals surface area contributed by atoms with E-state index in [0.717, 1.165) is 4.90 Å². The number of imide groups is 1. The predicted molar refractivity (Wildman–Crippen MR) is 82.3 cm³/mol. The highest BCUT2D eigenvalue weighted by Gasteiger charge is 2.51. The zero-order chi connectivity index (χ0) is 18.1. The maximum atomic E-state index is 12.8. The third kappa shape index (κ3) is 3.06. The van der Waals surface area contributed by atoms with Gasteiger partial charge in [-0.25, -0.2) is 14.5 Å². The van der Waals surface area contributed by atoms with Crippen LogP contribution in [0.15, 0.2) is 12.2 Å². The van der Waals surface area contributed by atoms with Gasteiger partial charge in [0.2, 0.25) is 5.91 Å². The second kappa shape index (κ2) is 6.73. The van der Waals surface area contributed by atoms with E-state index in [1.807, 2.05) is 6.08 Å². The van der Waals surface area contributed by atoms with Crippen LogP contribution < -0.4 is 0 Å². The molecule has 0 N–H and O–H groups in total. The molecule has 3 aliphatic heterocycles. The largest absolute Gasteiger partial charge is 0.464 e. The quantitative estimate of drug-likeness (QED) is 0.415. The molecule has 4 rings (SSSR count). The summed E-state index contributed by atoms with van der Waals surface area (Å²) in [5, 5.41) is 0. The minimum Gasteiger partial charge on any atom is -0.464 e. The standard InChI is InChI=1S/C16H20N2O7/c1-9(19)25-8-13-10-3-4-12(18(13)16(22)23-2)11(7-10)14(20)17-5-6-24-15(17)21/h3-4,10-13H,5-8H2,1-2H3/t10-,11-,12+,13+/m0/s1. The Labute approximate surface area is 144 Å². The van der Waals surface area contributed by atoms with Crippen molar-refractivity contribution in [3.8, 4) is 0 Å². The van der Waals surface area contributed by atoms with E-state index in [0.29, 0.717) is 6.42 Å². The minimum atomic E-state index is -0.656. The Morgan fingerprint density at radius 1 is 1.32 bits per heavy atom. The van der Waals surface area contributed by atoms with Crippen LogP contribution in [0.5, 0.6) is 0 Å². The Balaban J connectivity index is 1.83. The molecule has 9 heteroatoms. The number of carbonyl (C=O) groups excluding carboxylic acids is 4. The number of cyclic esters (lactones) is 1. The van der Waals surface area contributed by atoms with Gasteiger partial charge in [-0.1, -0.05) is 12.2 Å². The molecule has 4 atom stereocenters. The lowest BCUT2D eigenvalue weighted by Gasteiger charge is -2.50. The fourth-order valence-electron chi connectivity index (χ4n) is 3.71. The smallest absolute Gasteiger partial charge is 0.416 e. The number of carbonyl (C=O) groups is 4. The third-order valence-corrected chi connectivity index (χ3v) is 4.85. The van der Waals surface area contributed by atoms with Crippen LogP contribution in [0.1, 0.15) is 13.3 Å². The Hall–Kier alpha value is -2.58. The van der Waals surface area contributed by atoms with Crippen LogP contribution in [-0.4, -0.2) is 72.8 Å². The number of hydrogen-bond donors (Lipinski definition) is 0. The summed E-state index contributed by atoms with van der Waals surface area (Å²) in [6, 6.07) is -0.958.